The Morgan fingerprint density at radius 1 is 1.10 bits per heavy atom. The van der Waals surface area contributed by atoms with Gasteiger partial charge in [0.05, 0.1) is 0 Å². The second-order valence-corrected chi connectivity index (χ2v) is 4.51. The quantitative estimate of drug-likeness (QED) is 0.810. The fourth-order valence-electron chi connectivity index (χ4n) is 2.04. The number of carbonyl (C=O) groups is 1. The lowest BCUT2D eigenvalue weighted by Gasteiger charge is -2.08. The van der Waals surface area contributed by atoms with Crippen LogP contribution < -0.4 is 0 Å². The zero-order valence-corrected chi connectivity index (χ0v) is 11.2. The van der Waals surface area contributed by atoms with Gasteiger partial charge in [0.2, 0.25) is 0 Å². The van der Waals surface area contributed by atoms with Gasteiger partial charge in [0.1, 0.15) is 0 Å². The molecule has 0 aliphatic heterocycles. The van der Waals surface area contributed by atoms with E-state index in [9.17, 15) is 4.79 Å². The van der Waals surface area contributed by atoms with E-state index in [2.05, 4.69) is 23.2 Å². The van der Waals surface area contributed by atoms with Crippen molar-refractivity contribution in [3.63, 3.8) is 0 Å². The summed E-state index contributed by atoms with van der Waals surface area (Å²) in [5, 5.41) is 8.68. The van der Waals surface area contributed by atoms with E-state index in [0.29, 0.717) is 6.42 Å². The first-order valence-electron chi connectivity index (χ1n) is 6.65. The molecule has 0 atom stereocenters. The third kappa shape index (κ3) is 4.05. The molecule has 0 saturated heterocycles. The normalized spacial score (nSPS) is 11.3. The Balaban J connectivity index is 2.21. The molecule has 20 heavy (non-hydrogen) atoms. The van der Waals surface area contributed by atoms with Crippen molar-refractivity contribution in [2.75, 3.05) is 0 Å². The van der Waals surface area contributed by atoms with Crippen LogP contribution in [0.15, 0.2) is 60.9 Å². The van der Waals surface area contributed by atoms with Crippen molar-refractivity contribution in [2.45, 2.75) is 19.3 Å². The summed E-state index contributed by atoms with van der Waals surface area (Å²) >= 11 is 0. The zero-order chi connectivity index (χ0) is 14.2. The molecule has 1 heterocycles. The molecule has 3 heteroatoms. The van der Waals surface area contributed by atoms with Crippen LogP contribution in [0.25, 0.3) is 5.57 Å². The van der Waals surface area contributed by atoms with Crippen LogP contribution >= 0.6 is 0 Å². The highest BCUT2D eigenvalue weighted by atomic mass is 16.4. The van der Waals surface area contributed by atoms with Gasteiger partial charge in [-0.3, -0.25) is 9.78 Å². The van der Waals surface area contributed by atoms with E-state index in [0.717, 1.165) is 23.1 Å². The molecule has 0 saturated carbocycles. The summed E-state index contributed by atoms with van der Waals surface area (Å²) in [7, 11) is 0. The number of hydrogen-bond acceptors (Lipinski definition) is 2. The fourth-order valence-corrected chi connectivity index (χ4v) is 2.04. The first-order chi connectivity index (χ1) is 9.77. The summed E-state index contributed by atoms with van der Waals surface area (Å²) in [6.45, 7) is 0. The van der Waals surface area contributed by atoms with Crippen LogP contribution in [0.5, 0.6) is 0 Å². The minimum absolute atomic E-state index is 0.200. The summed E-state index contributed by atoms with van der Waals surface area (Å²) in [6, 6.07) is 14.0. The second kappa shape index (κ2) is 7.24. The highest BCUT2D eigenvalue weighted by Crippen LogP contribution is 2.23. The molecule has 0 unspecified atom stereocenters. The molecule has 3 nitrogen and oxygen atoms in total. The Morgan fingerprint density at radius 3 is 2.50 bits per heavy atom. The average molecular weight is 267 g/mol. The lowest BCUT2D eigenvalue weighted by Crippen LogP contribution is -1.93. The maximum atomic E-state index is 10.6. The van der Waals surface area contributed by atoms with Crippen LogP contribution in [-0.4, -0.2) is 16.1 Å². The Bertz CT molecular complexity index is 535. The SMILES string of the molecule is O=C(O)CCC/C=C(\c1ccccc1)c1cccnc1. The molecule has 0 aliphatic carbocycles. The Hall–Kier alpha value is -2.42. The number of aromatic nitrogens is 1. The predicted octanol–water partition coefficient (Wildman–Crippen LogP) is 3.77. The van der Waals surface area contributed by atoms with Crippen LogP contribution in [0.4, 0.5) is 0 Å². The van der Waals surface area contributed by atoms with Crippen LogP contribution in [0.2, 0.25) is 0 Å². The standard InChI is InChI=1S/C17H17NO2/c19-17(20)11-5-4-10-16(14-7-2-1-3-8-14)15-9-6-12-18-13-15/h1-3,6-10,12-13H,4-5,11H2,(H,19,20)/b16-10+. The van der Waals surface area contributed by atoms with E-state index < -0.39 is 5.97 Å². The molecule has 1 aromatic heterocycles. The van der Waals surface area contributed by atoms with Gasteiger partial charge in [0.25, 0.3) is 0 Å². The molecule has 0 bridgehead atoms. The van der Waals surface area contributed by atoms with Crippen LogP contribution in [0, 0.1) is 0 Å². The van der Waals surface area contributed by atoms with Gasteiger partial charge < -0.3 is 5.11 Å². The van der Waals surface area contributed by atoms with Crippen molar-refractivity contribution in [2.24, 2.45) is 0 Å². The van der Waals surface area contributed by atoms with Crippen molar-refractivity contribution in [1.82, 2.24) is 4.98 Å². The van der Waals surface area contributed by atoms with Crippen LogP contribution in [0.3, 0.4) is 0 Å². The Kier molecular flexibility index (Phi) is 5.07. The largest absolute Gasteiger partial charge is 0.481 e. The van der Waals surface area contributed by atoms with Crippen molar-refractivity contribution in [3.05, 3.63) is 72.1 Å². The average Bonchev–Trinajstić information content (AvgIpc) is 2.49. The van der Waals surface area contributed by atoms with Gasteiger partial charge in [-0.05, 0) is 30.0 Å². The molecule has 0 aliphatic rings. The number of carboxylic acids is 1. The van der Waals surface area contributed by atoms with Crippen molar-refractivity contribution < 1.29 is 9.90 Å². The summed E-state index contributed by atoms with van der Waals surface area (Å²) in [5.41, 5.74) is 3.27. The first kappa shape index (κ1) is 14.0. The number of unbranched alkanes of at least 4 members (excludes halogenated alkanes) is 1. The summed E-state index contributed by atoms with van der Waals surface area (Å²) < 4.78 is 0. The second-order valence-electron chi connectivity index (χ2n) is 4.51. The molecule has 1 aromatic carbocycles. The number of carboxylic acid groups (broad SMARTS) is 1. The summed E-state index contributed by atoms with van der Waals surface area (Å²) in [5.74, 6) is -0.749. The van der Waals surface area contributed by atoms with E-state index in [-0.39, 0.29) is 6.42 Å². The molecule has 2 rings (SSSR count). The molecule has 0 spiro atoms. The van der Waals surface area contributed by atoms with Crippen molar-refractivity contribution in [1.29, 1.82) is 0 Å². The van der Waals surface area contributed by atoms with Crippen LogP contribution in [0.1, 0.15) is 30.4 Å². The Labute approximate surface area is 118 Å². The predicted molar refractivity (Wildman–Crippen MR) is 79.2 cm³/mol. The number of nitrogens with zero attached hydrogens (tertiary/aromatic N) is 1. The number of rotatable bonds is 6. The minimum Gasteiger partial charge on any atom is -0.481 e. The lowest BCUT2D eigenvalue weighted by molar-refractivity contribution is -0.137. The lowest BCUT2D eigenvalue weighted by atomic mass is 9.97. The number of aliphatic carboxylic acids is 1. The maximum absolute atomic E-state index is 10.6. The third-order valence-electron chi connectivity index (χ3n) is 3.00. The topological polar surface area (TPSA) is 50.2 Å². The number of hydrogen-bond donors (Lipinski definition) is 1. The van der Waals surface area contributed by atoms with Gasteiger partial charge in [-0.1, -0.05) is 42.5 Å². The van der Waals surface area contributed by atoms with Crippen LogP contribution in [-0.2, 0) is 4.79 Å². The maximum Gasteiger partial charge on any atom is 0.303 e. The van der Waals surface area contributed by atoms with Gasteiger partial charge >= 0.3 is 5.97 Å². The highest BCUT2D eigenvalue weighted by Gasteiger charge is 2.04. The van der Waals surface area contributed by atoms with Crippen molar-refractivity contribution in [3.8, 4) is 0 Å². The van der Waals surface area contributed by atoms with E-state index in [1.807, 2.05) is 36.5 Å². The highest BCUT2D eigenvalue weighted by molar-refractivity contribution is 5.79. The molecule has 0 amide bonds. The molecule has 0 fully saturated rings. The van der Waals surface area contributed by atoms with E-state index in [1.165, 1.54) is 0 Å². The Morgan fingerprint density at radius 2 is 1.85 bits per heavy atom. The van der Waals surface area contributed by atoms with Gasteiger partial charge in [-0.2, -0.15) is 0 Å². The summed E-state index contributed by atoms with van der Waals surface area (Å²) in [4.78, 5) is 14.7. The monoisotopic (exact) mass is 267 g/mol. The number of benzene rings is 1. The van der Waals surface area contributed by atoms with E-state index >= 15 is 0 Å². The fraction of sp³-hybridized carbons (Fsp3) is 0.176. The molecule has 0 radical (unpaired) electrons. The molecular weight excluding hydrogens is 250 g/mol. The summed E-state index contributed by atoms with van der Waals surface area (Å²) in [6.07, 6.45) is 7.25. The van der Waals surface area contributed by atoms with E-state index in [4.69, 9.17) is 5.11 Å². The van der Waals surface area contributed by atoms with Gasteiger partial charge in [-0.25, -0.2) is 0 Å². The molecule has 2 aromatic rings. The van der Waals surface area contributed by atoms with Gasteiger partial charge in [0.15, 0.2) is 0 Å². The molecule has 102 valence electrons. The van der Waals surface area contributed by atoms with E-state index in [1.54, 1.807) is 6.20 Å². The van der Waals surface area contributed by atoms with Gasteiger partial charge in [-0.15, -0.1) is 0 Å². The third-order valence-corrected chi connectivity index (χ3v) is 3.00. The number of pyridine rings is 1. The minimum atomic E-state index is -0.749. The number of allylic oxidation sites excluding steroid dienone is 1. The van der Waals surface area contributed by atoms with Crippen molar-refractivity contribution >= 4 is 11.5 Å². The zero-order valence-electron chi connectivity index (χ0n) is 11.2. The van der Waals surface area contributed by atoms with Gasteiger partial charge in [0, 0.05) is 24.4 Å². The first-order valence-corrected chi connectivity index (χ1v) is 6.65. The molecule has 1 N–H and O–H groups in total. The smallest absolute Gasteiger partial charge is 0.303 e. The molecular formula is C17H17NO2.